The fourth-order valence-corrected chi connectivity index (χ4v) is 2.38. The van der Waals surface area contributed by atoms with Gasteiger partial charge in [0.25, 0.3) is 5.56 Å². The van der Waals surface area contributed by atoms with Gasteiger partial charge in [-0.15, -0.1) is 0 Å². The molecule has 2 unspecified atom stereocenters. The van der Waals surface area contributed by atoms with Gasteiger partial charge in [-0.1, -0.05) is 5.11 Å². The molecule has 108 valence electrons. The van der Waals surface area contributed by atoms with Gasteiger partial charge in [-0.25, -0.2) is 4.79 Å². The first kappa shape index (κ1) is 15.0. The second-order valence-corrected chi connectivity index (χ2v) is 5.24. The standard InChI is InChI=1S/C9H10IN5O5/c10-3-1-15(9(19)12-7(3)18)8-5(13-14-11)6(17)4(2-16)20-8/h1,4-6,8,16-17H,2H2,(H,12,18,19)/t4-,5?,6?,8-/m0/s1. The van der Waals surface area contributed by atoms with Crippen LogP contribution in [0.1, 0.15) is 6.23 Å². The van der Waals surface area contributed by atoms with Crippen molar-refractivity contribution in [3.05, 3.63) is 41.0 Å². The Morgan fingerprint density at radius 3 is 2.90 bits per heavy atom. The number of aliphatic hydroxyl groups is 2. The molecule has 1 aromatic rings. The van der Waals surface area contributed by atoms with Crippen LogP contribution in [0.15, 0.2) is 20.9 Å². The molecule has 10 nitrogen and oxygen atoms in total. The molecule has 3 N–H and O–H groups in total. The molecule has 1 aliphatic rings. The van der Waals surface area contributed by atoms with Crippen molar-refractivity contribution in [1.29, 1.82) is 0 Å². The number of nitrogens with zero attached hydrogens (tertiary/aromatic N) is 4. The van der Waals surface area contributed by atoms with E-state index in [1.165, 1.54) is 6.20 Å². The van der Waals surface area contributed by atoms with Gasteiger partial charge in [0.15, 0.2) is 0 Å². The normalized spacial score (nSPS) is 29.1. The number of aromatic amines is 1. The van der Waals surface area contributed by atoms with Crippen LogP contribution in [0, 0.1) is 3.57 Å². The third kappa shape index (κ3) is 2.58. The molecule has 20 heavy (non-hydrogen) atoms. The SMILES string of the molecule is [N-]=[N+]=NC1C(O)[C@H](CO)O[C@@H]1n1cc(I)c(=O)[nH]c1=O. The predicted molar refractivity (Wildman–Crippen MR) is 74.0 cm³/mol. The van der Waals surface area contributed by atoms with Crippen molar-refractivity contribution in [3.8, 4) is 0 Å². The molecule has 0 radical (unpaired) electrons. The molecule has 1 aromatic heterocycles. The Balaban J connectivity index is 2.50. The number of hydrogen-bond donors (Lipinski definition) is 3. The lowest BCUT2D eigenvalue weighted by Gasteiger charge is -2.17. The number of aliphatic hydroxyl groups excluding tert-OH is 2. The first-order valence-electron chi connectivity index (χ1n) is 5.49. The third-order valence-electron chi connectivity index (χ3n) is 2.90. The average Bonchev–Trinajstić information content (AvgIpc) is 2.72. The zero-order chi connectivity index (χ0) is 14.9. The van der Waals surface area contributed by atoms with E-state index >= 15 is 0 Å². The van der Waals surface area contributed by atoms with Crippen LogP contribution in [0.4, 0.5) is 0 Å². The minimum Gasteiger partial charge on any atom is -0.394 e. The Morgan fingerprint density at radius 1 is 1.60 bits per heavy atom. The molecule has 0 spiro atoms. The van der Waals surface area contributed by atoms with Crippen LogP contribution >= 0.6 is 22.6 Å². The maximum Gasteiger partial charge on any atom is 0.330 e. The molecule has 4 atom stereocenters. The van der Waals surface area contributed by atoms with Crippen molar-refractivity contribution in [2.75, 3.05) is 6.61 Å². The summed E-state index contributed by atoms with van der Waals surface area (Å²) >= 11 is 1.73. The third-order valence-corrected chi connectivity index (χ3v) is 3.67. The largest absolute Gasteiger partial charge is 0.394 e. The molecule has 0 bridgehead atoms. The van der Waals surface area contributed by atoms with Crippen molar-refractivity contribution in [2.24, 2.45) is 5.11 Å². The second kappa shape index (κ2) is 5.93. The molecule has 0 aromatic carbocycles. The lowest BCUT2D eigenvalue weighted by molar-refractivity contribution is -0.0465. The molecule has 2 heterocycles. The molecule has 1 saturated heterocycles. The van der Waals surface area contributed by atoms with Crippen LogP contribution in [-0.2, 0) is 4.74 Å². The zero-order valence-corrected chi connectivity index (χ0v) is 12.0. The van der Waals surface area contributed by atoms with E-state index < -0.39 is 42.3 Å². The van der Waals surface area contributed by atoms with Crippen LogP contribution < -0.4 is 11.2 Å². The van der Waals surface area contributed by atoms with Crippen molar-refractivity contribution >= 4 is 22.6 Å². The highest BCUT2D eigenvalue weighted by molar-refractivity contribution is 14.1. The number of azide groups is 1. The highest BCUT2D eigenvalue weighted by atomic mass is 127. The van der Waals surface area contributed by atoms with Gasteiger partial charge in [-0.2, -0.15) is 0 Å². The van der Waals surface area contributed by atoms with E-state index in [0.717, 1.165) is 4.57 Å². The Bertz CT molecular complexity index is 665. The Kier molecular flexibility index (Phi) is 4.45. The monoisotopic (exact) mass is 395 g/mol. The Labute approximate surface area is 124 Å². The van der Waals surface area contributed by atoms with Gasteiger partial charge in [-0.3, -0.25) is 14.3 Å². The van der Waals surface area contributed by atoms with Crippen molar-refractivity contribution in [3.63, 3.8) is 0 Å². The lowest BCUT2D eigenvalue weighted by atomic mass is 10.1. The Morgan fingerprint density at radius 2 is 2.30 bits per heavy atom. The smallest absolute Gasteiger partial charge is 0.330 e. The van der Waals surface area contributed by atoms with E-state index in [1.807, 2.05) is 0 Å². The molecular formula is C9H10IN5O5. The number of nitrogens with one attached hydrogen (secondary N) is 1. The van der Waals surface area contributed by atoms with Crippen molar-refractivity contribution in [2.45, 2.75) is 24.5 Å². The van der Waals surface area contributed by atoms with E-state index in [4.69, 9.17) is 15.4 Å². The Hall–Kier alpha value is -1.40. The summed E-state index contributed by atoms with van der Waals surface area (Å²) in [6, 6.07) is -1.09. The molecule has 1 aliphatic heterocycles. The number of H-pyrrole nitrogens is 1. The number of ether oxygens (including phenoxy) is 1. The van der Waals surface area contributed by atoms with Gasteiger partial charge in [0.1, 0.15) is 18.4 Å². The van der Waals surface area contributed by atoms with Crippen molar-refractivity contribution < 1.29 is 14.9 Å². The number of halogens is 1. The molecule has 0 saturated carbocycles. The van der Waals surface area contributed by atoms with E-state index in [0.29, 0.717) is 0 Å². The lowest BCUT2D eigenvalue weighted by Crippen LogP contribution is -2.37. The minimum atomic E-state index is -1.25. The zero-order valence-electron chi connectivity index (χ0n) is 9.88. The number of hydrogen-bond acceptors (Lipinski definition) is 6. The molecular weight excluding hydrogens is 385 g/mol. The minimum absolute atomic E-state index is 0.229. The van der Waals surface area contributed by atoms with Gasteiger partial charge in [0.05, 0.1) is 16.3 Å². The summed E-state index contributed by atoms with van der Waals surface area (Å²) in [7, 11) is 0. The van der Waals surface area contributed by atoms with Crippen LogP contribution in [0.2, 0.25) is 0 Å². The quantitative estimate of drug-likeness (QED) is 0.261. The molecule has 0 amide bonds. The van der Waals surface area contributed by atoms with Gasteiger partial charge in [0.2, 0.25) is 0 Å². The van der Waals surface area contributed by atoms with E-state index in [1.54, 1.807) is 22.6 Å². The van der Waals surface area contributed by atoms with Gasteiger partial charge in [-0.05, 0) is 28.1 Å². The maximum absolute atomic E-state index is 11.8. The van der Waals surface area contributed by atoms with E-state index in [-0.39, 0.29) is 3.57 Å². The second-order valence-electron chi connectivity index (χ2n) is 4.08. The highest BCUT2D eigenvalue weighted by Gasteiger charge is 2.44. The number of aromatic nitrogens is 2. The predicted octanol–water partition coefficient (Wildman–Crippen LogP) is -0.929. The topological polar surface area (TPSA) is 153 Å². The van der Waals surface area contributed by atoms with Crippen LogP contribution in [0.3, 0.4) is 0 Å². The van der Waals surface area contributed by atoms with E-state index in [9.17, 15) is 14.7 Å². The van der Waals surface area contributed by atoms with E-state index in [2.05, 4.69) is 15.0 Å². The molecule has 1 fully saturated rings. The summed E-state index contributed by atoms with van der Waals surface area (Å²) in [6.45, 7) is -0.496. The first-order chi connectivity index (χ1) is 9.49. The highest BCUT2D eigenvalue weighted by Crippen LogP contribution is 2.30. The van der Waals surface area contributed by atoms with Crippen LogP contribution in [-0.4, -0.2) is 44.6 Å². The molecule has 2 rings (SSSR count). The average molecular weight is 395 g/mol. The van der Waals surface area contributed by atoms with Crippen LogP contribution in [0.5, 0.6) is 0 Å². The van der Waals surface area contributed by atoms with Gasteiger partial charge >= 0.3 is 5.69 Å². The van der Waals surface area contributed by atoms with Gasteiger partial charge < -0.3 is 14.9 Å². The maximum atomic E-state index is 11.8. The summed E-state index contributed by atoms with van der Waals surface area (Å²) in [4.78, 5) is 27.8. The molecule has 11 heteroatoms. The summed E-state index contributed by atoms with van der Waals surface area (Å²) in [5, 5.41) is 22.4. The van der Waals surface area contributed by atoms with Gasteiger partial charge in [0, 0.05) is 11.1 Å². The summed E-state index contributed by atoms with van der Waals surface area (Å²) in [5.41, 5.74) is 7.21. The van der Waals surface area contributed by atoms with Crippen molar-refractivity contribution in [1.82, 2.24) is 9.55 Å². The number of rotatable bonds is 3. The molecule has 0 aliphatic carbocycles. The summed E-state index contributed by atoms with van der Waals surface area (Å²) in [5.74, 6) is 0. The first-order valence-corrected chi connectivity index (χ1v) is 6.57. The van der Waals surface area contributed by atoms with Crippen LogP contribution in [0.25, 0.3) is 10.4 Å². The summed E-state index contributed by atoms with van der Waals surface area (Å²) < 4.78 is 6.57. The summed E-state index contributed by atoms with van der Waals surface area (Å²) in [6.07, 6.45) is -2.10. The fraction of sp³-hybridized carbons (Fsp3) is 0.556. The fourth-order valence-electron chi connectivity index (χ4n) is 1.94.